The fourth-order valence-electron chi connectivity index (χ4n) is 1.58. The summed E-state index contributed by atoms with van der Waals surface area (Å²) in [6.45, 7) is 2.05. The molecule has 2 rings (SSSR count). The Labute approximate surface area is 129 Å². The van der Waals surface area contributed by atoms with E-state index in [2.05, 4.69) is 31.4 Å². The van der Waals surface area contributed by atoms with Crippen molar-refractivity contribution in [2.75, 3.05) is 11.9 Å². The van der Waals surface area contributed by atoms with Gasteiger partial charge in [0.15, 0.2) is 0 Å². The van der Waals surface area contributed by atoms with Crippen molar-refractivity contribution in [3.05, 3.63) is 52.3 Å². The highest BCUT2D eigenvalue weighted by molar-refractivity contribution is 9.10. The van der Waals surface area contributed by atoms with Crippen molar-refractivity contribution in [1.29, 1.82) is 0 Å². The van der Waals surface area contributed by atoms with Crippen molar-refractivity contribution in [2.24, 2.45) is 0 Å². The molecular formula is C14H12BrN3O3. The monoisotopic (exact) mass is 349 g/mol. The lowest BCUT2D eigenvalue weighted by molar-refractivity contribution is 0.0526. The Kier molecular flexibility index (Phi) is 4.99. The van der Waals surface area contributed by atoms with E-state index in [1.165, 1.54) is 12.4 Å². The van der Waals surface area contributed by atoms with Gasteiger partial charge in [-0.15, -0.1) is 0 Å². The van der Waals surface area contributed by atoms with Gasteiger partial charge in [-0.1, -0.05) is 0 Å². The highest BCUT2D eigenvalue weighted by Gasteiger charge is 2.12. The Morgan fingerprint density at radius 2 is 2.05 bits per heavy atom. The normalized spacial score (nSPS) is 10.0. The predicted molar refractivity (Wildman–Crippen MR) is 80.1 cm³/mol. The molecule has 0 fully saturated rings. The molecule has 0 saturated heterocycles. The van der Waals surface area contributed by atoms with Gasteiger partial charge in [0.25, 0.3) is 5.91 Å². The molecule has 7 heteroatoms. The van der Waals surface area contributed by atoms with Gasteiger partial charge in [0.2, 0.25) is 0 Å². The van der Waals surface area contributed by atoms with E-state index < -0.39 is 5.97 Å². The first kappa shape index (κ1) is 15.1. The molecule has 0 radical (unpaired) electrons. The molecule has 2 aromatic rings. The summed E-state index contributed by atoms with van der Waals surface area (Å²) in [6, 6.07) is 6.37. The van der Waals surface area contributed by atoms with E-state index in [1.54, 1.807) is 31.2 Å². The van der Waals surface area contributed by atoms with Crippen molar-refractivity contribution >= 4 is 33.5 Å². The number of aromatic nitrogens is 2. The highest BCUT2D eigenvalue weighted by Crippen LogP contribution is 2.24. The minimum atomic E-state index is -0.408. The van der Waals surface area contributed by atoms with Crippen molar-refractivity contribution in [3.8, 4) is 0 Å². The van der Waals surface area contributed by atoms with Crippen LogP contribution in [0.15, 0.2) is 41.1 Å². The van der Waals surface area contributed by atoms with E-state index in [4.69, 9.17) is 4.74 Å². The lowest BCUT2D eigenvalue weighted by Gasteiger charge is -2.09. The van der Waals surface area contributed by atoms with Gasteiger partial charge in [-0.05, 0) is 47.1 Å². The van der Waals surface area contributed by atoms with E-state index in [0.717, 1.165) is 0 Å². The molecule has 1 amide bonds. The number of halogens is 1. The maximum Gasteiger partial charge on any atom is 0.338 e. The zero-order valence-electron chi connectivity index (χ0n) is 11.2. The first-order valence-corrected chi connectivity index (χ1v) is 6.96. The molecule has 0 aliphatic carbocycles. The van der Waals surface area contributed by atoms with Gasteiger partial charge >= 0.3 is 5.97 Å². The van der Waals surface area contributed by atoms with E-state index in [-0.39, 0.29) is 5.91 Å². The van der Waals surface area contributed by atoms with Gasteiger partial charge in [-0.2, -0.15) is 10.2 Å². The second-order valence-corrected chi connectivity index (χ2v) is 4.85. The molecule has 0 aliphatic rings. The second-order valence-electron chi connectivity index (χ2n) is 4.00. The van der Waals surface area contributed by atoms with Crippen LogP contribution in [0.5, 0.6) is 0 Å². The number of amides is 1. The number of carbonyl (C=O) groups excluding carboxylic acids is 2. The van der Waals surface area contributed by atoms with Crippen LogP contribution in [0.25, 0.3) is 0 Å². The lowest BCUT2D eigenvalue weighted by atomic mass is 10.2. The Morgan fingerprint density at radius 3 is 2.67 bits per heavy atom. The minimum absolute atomic E-state index is 0.310. The molecule has 0 aliphatic heterocycles. The Balaban J connectivity index is 2.15. The maximum absolute atomic E-state index is 12.0. The van der Waals surface area contributed by atoms with Crippen LogP contribution in [0, 0.1) is 0 Å². The molecule has 0 atom stereocenters. The quantitative estimate of drug-likeness (QED) is 0.858. The van der Waals surface area contributed by atoms with E-state index in [1.807, 2.05) is 0 Å². The van der Waals surface area contributed by atoms with Crippen molar-refractivity contribution < 1.29 is 14.3 Å². The molecular weight excluding hydrogens is 338 g/mol. The van der Waals surface area contributed by atoms with Crippen LogP contribution in [0.3, 0.4) is 0 Å². The fourth-order valence-corrected chi connectivity index (χ4v) is 2.06. The molecule has 1 aromatic carbocycles. The summed E-state index contributed by atoms with van der Waals surface area (Å²) in [6.07, 6.45) is 2.81. The molecule has 6 nitrogen and oxygen atoms in total. The number of benzene rings is 1. The summed E-state index contributed by atoms with van der Waals surface area (Å²) < 4.78 is 5.50. The van der Waals surface area contributed by atoms with Crippen molar-refractivity contribution in [1.82, 2.24) is 10.2 Å². The molecule has 1 N–H and O–H groups in total. The minimum Gasteiger partial charge on any atom is -0.462 e. The van der Waals surface area contributed by atoms with Crippen LogP contribution >= 0.6 is 15.9 Å². The summed E-state index contributed by atoms with van der Waals surface area (Å²) in [5.74, 6) is -0.719. The fraction of sp³-hybridized carbons (Fsp3) is 0.143. The summed E-state index contributed by atoms with van der Waals surface area (Å²) in [4.78, 5) is 23.6. The van der Waals surface area contributed by atoms with Crippen LogP contribution in [-0.2, 0) is 4.74 Å². The Hall–Kier alpha value is -2.28. The topological polar surface area (TPSA) is 81.2 Å². The number of anilines is 1. The largest absolute Gasteiger partial charge is 0.462 e. The van der Waals surface area contributed by atoms with Gasteiger partial charge < -0.3 is 10.1 Å². The standard InChI is InChI=1S/C14H12BrN3O3/c1-2-21-14(20)9-3-4-12(11(15)7-9)18-13(19)10-5-6-16-17-8-10/h3-8H,2H2,1H3,(H,18,19). The number of nitrogens with zero attached hydrogens (tertiary/aromatic N) is 2. The molecule has 108 valence electrons. The van der Waals surface area contributed by atoms with Crippen LogP contribution in [0.4, 0.5) is 5.69 Å². The van der Waals surface area contributed by atoms with Crippen LogP contribution in [0.1, 0.15) is 27.6 Å². The van der Waals surface area contributed by atoms with Gasteiger partial charge in [0, 0.05) is 4.47 Å². The smallest absolute Gasteiger partial charge is 0.338 e. The summed E-state index contributed by atoms with van der Waals surface area (Å²) in [7, 11) is 0. The average Bonchev–Trinajstić information content (AvgIpc) is 2.50. The number of ether oxygens (including phenoxy) is 1. The van der Waals surface area contributed by atoms with E-state index in [9.17, 15) is 9.59 Å². The number of nitrogens with one attached hydrogen (secondary N) is 1. The molecule has 1 aromatic heterocycles. The van der Waals surface area contributed by atoms with Crippen LogP contribution < -0.4 is 5.32 Å². The van der Waals surface area contributed by atoms with Crippen LogP contribution in [-0.4, -0.2) is 28.7 Å². The molecule has 0 spiro atoms. The van der Waals surface area contributed by atoms with Gasteiger partial charge in [0.1, 0.15) is 0 Å². The van der Waals surface area contributed by atoms with E-state index >= 15 is 0 Å². The molecule has 0 unspecified atom stereocenters. The Bertz CT molecular complexity index is 662. The third-order valence-electron chi connectivity index (χ3n) is 2.57. The summed E-state index contributed by atoms with van der Waals surface area (Å²) in [5, 5.41) is 9.97. The summed E-state index contributed by atoms with van der Waals surface area (Å²) >= 11 is 3.32. The highest BCUT2D eigenvalue weighted by atomic mass is 79.9. The zero-order chi connectivity index (χ0) is 15.2. The third kappa shape index (κ3) is 3.85. The van der Waals surface area contributed by atoms with Crippen LogP contribution in [0.2, 0.25) is 0 Å². The number of esters is 1. The van der Waals surface area contributed by atoms with Gasteiger partial charge in [-0.3, -0.25) is 4.79 Å². The molecule has 0 saturated carbocycles. The molecule has 1 heterocycles. The number of rotatable bonds is 4. The SMILES string of the molecule is CCOC(=O)c1ccc(NC(=O)c2ccnnc2)c(Br)c1. The number of carbonyl (C=O) groups is 2. The second kappa shape index (κ2) is 6.94. The van der Waals surface area contributed by atoms with E-state index in [0.29, 0.717) is 27.9 Å². The molecule has 0 bridgehead atoms. The number of hydrogen-bond acceptors (Lipinski definition) is 5. The average molecular weight is 350 g/mol. The van der Waals surface area contributed by atoms with Gasteiger partial charge in [0.05, 0.1) is 35.8 Å². The van der Waals surface area contributed by atoms with Crippen molar-refractivity contribution in [2.45, 2.75) is 6.92 Å². The lowest BCUT2D eigenvalue weighted by Crippen LogP contribution is -2.13. The number of hydrogen-bond donors (Lipinski definition) is 1. The third-order valence-corrected chi connectivity index (χ3v) is 3.23. The van der Waals surface area contributed by atoms with Gasteiger partial charge in [-0.25, -0.2) is 4.79 Å². The zero-order valence-corrected chi connectivity index (χ0v) is 12.8. The predicted octanol–water partition coefficient (Wildman–Crippen LogP) is 2.67. The maximum atomic E-state index is 12.0. The Morgan fingerprint density at radius 1 is 1.24 bits per heavy atom. The first-order chi connectivity index (χ1) is 10.1. The molecule has 21 heavy (non-hydrogen) atoms. The summed E-state index contributed by atoms with van der Waals surface area (Å²) in [5.41, 5.74) is 1.35. The van der Waals surface area contributed by atoms with Crippen molar-refractivity contribution in [3.63, 3.8) is 0 Å². The first-order valence-electron chi connectivity index (χ1n) is 6.16.